The van der Waals surface area contributed by atoms with E-state index in [0.29, 0.717) is 24.6 Å². The number of rotatable bonds is 5. The van der Waals surface area contributed by atoms with Gasteiger partial charge in [0.2, 0.25) is 5.91 Å². The summed E-state index contributed by atoms with van der Waals surface area (Å²) in [5.74, 6) is 0.142. The van der Waals surface area contributed by atoms with Crippen LogP contribution in [0.4, 0.5) is 4.39 Å². The molecular formula is C15H22FN3O. The predicted octanol–water partition coefficient (Wildman–Crippen LogP) is 1.11. The molecule has 1 atom stereocenters. The Morgan fingerprint density at radius 3 is 3.00 bits per heavy atom. The molecule has 110 valence electrons. The van der Waals surface area contributed by atoms with Gasteiger partial charge in [-0.15, -0.1) is 0 Å². The first-order valence-corrected chi connectivity index (χ1v) is 7.11. The van der Waals surface area contributed by atoms with Crippen molar-refractivity contribution < 1.29 is 9.18 Å². The lowest BCUT2D eigenvalue weighted by molar-refractivity contribution is -0.122. The first kappa shape index (κ1) is 14.9. The minimum atomic E-state index is -0.283. The molecule has 5 heteroatoms. The second-order valence-electron chi connectivity index (χ2n) is 5.35. The minimum absolute atomic E-state index is 0.0640. The number of amides is 1. The van der Waals surface area contributed by atoms with Gasteiger partial charge in [-0.25, -0.2) is 4.39 Å². The second kappa shape index (κ2) is 7.36. The van der Waals surface area contributed by atoms with Gasteiger partial charge in [0.1, 0.15) is 5.82 Å². The van der Waals surface area contributed by atoms with E-state index in [4.69, 9.17) is 5.73 Å². The van der Waals surface area contributed by atoms with Crippen LogP contribution in [-0.2, 0) is 11.3 Å². The third-order valence-electron chi connectivity index (χ3n) is 3.74. The molecule has 1 heterocycles. The van der Waals surface area contributed by atoms with Crippen molar-refractivity contribution in [2.75, 3.05) is 26.2 Å². The molecule has 3 N–H and O–H groups in total. The van der Waals surface area contributed by atoms with E-state index >= 15 is 0 Å². The number of hydrogen-bond acceptors (Lipinski definition) is 3. The van der Waals surface area contributed by atoms with E-state index in [-0.39, 0.29) is 18.3 Å². The van der Waals surface area contributed by atoms with Crippen molar-refractivity contribution in [2.45, 2.75) is 19.4 Å². The Balaban J connectivity index is 1.77. The van der Waals surface area contributed by atoms with Crippen molar-refractivity contribution in [1.82, 2.24) is 10.2 Å². The van der Waals surface area contributed by atoms with E-state index in [1.54, 1.807) is 18.2 Å². The number of carbonyl (C=O) groups excluding carboxylic acids is 1. The number of nitrogens with zero attached hydrogens (tertiary/aromatic N) is 1. The Morgan fingerprint density at radius 2 is 2.25 bits per heavy atom. The average Bonchev–Trinajstić information content (AvgIpc) is 2.46. The van der Waals surface area contributed by atoms with Gasteiger partial charge in [-0.2, -0.15) is 0 Å². The Morgan fingerprint density at radius 1 is 1.45 bits per heavy atom. The summed E-state index contributed by atoms with van der Waals surface area (Å²) in [7, 11) is 0. The summed E-state index contributed by atoms with van der Waals surface area (Å²) in [6.07, 6.45) is 2.23. The summed E-state index contributed by atoms with van der Waals surface area (Å²) in [5, 5.41) is 2.77. The molecule has 0 aliphatic carbocycles. The molecule has 1 unspecified atom stereocenters. The number of hydrogen-bond donors (Lipinski definition) is 2. The lowest BCUT2D eigenvalue weighted by Crippen LogP contribution is -2.43. The van der Waals surface area contributed by atoms with Gasteiger partial charge in [-0.1, -0.05) is 18.2 Å². The van der Waals surface area contributed by atoms with Crippen LogP contribution in [0, 0.1) is 11.7 Å². The smallest absolute Gasteiger partial charge is 0.234 e. The number of piperidine rings is 1. The lowest BCUT2D eigenvalue weighted by atomic mass is 9.98. The maximum absolute atomic E-state index is 13.4. The summed E-state index contributed by atoms with van der Waals surface area (Å²) in [4.78, 5) is 14.0. The zero-order chi connectivity index (χ0) is 14.4. The van der Waals surface area contributed by atoms with Crippen molar-refractivity contribution in [2.24, 2.45) is 11.7 Å². The van der Waals surface area contributed by atoms with E-state index in [9.17, 15) is 9.18 Å². The quantitative estimate of drug-likeness (QED) is 0.849. The zero-order valence-electron chi connectivity index (χ0n) is 11.6. The molecule has 0 saturated carbocycles. The fourth-order valence-electron chi connectivity index (χ4n) is 2.58. The summed E-state index contributed by atoms with van der Waals surface area (Å²) in [6.45, 7) is 3.09. The van der Waals surface area contributed by atoms with Crippen LogP contribution in [0.25, 0.3) is 0 Å². The largest absolute Gasteiger partial charge is 0.351 e. The fraction of sp³-hybridized carbons (Fsp3) is 0.533. The molecule has 1 aromatic rings. The fourth-order valence-corrected chi connectivity index (χ4v) is 2.58. The van der Waals surface area contributed by atoms with Crippen LogP contribution in [0.15, 0.2) is 24.3 Å². The Bertz CT molecular complexity index is 452. The van der Waals surface area contributed by atoms with E-state index in [0.717, 1.165) is 25.9 Å². The molecule has 1 aromatic carbocycles. The Hall–Kier alpha value is -1.46. The summed E-state index contributed by atoms with van der Waals surface area (Å²) in [5.41, 5.74) is 6.19. The summed E-state index contributed by atoms with van der Waals surface area (Å²) in [6, 6.07) is 6.49. The lowest BCUT2D eigenvalue weighted by Gasteiger charge is -2.31. The van der Waals surface area contributed by atoms with E-state index in [1.165, 1.54) is 6.07 Å². The highest BCUT2D eigenvalue weighted by Gasteiger charge is 2.20. The van der Waals surface area contributed by atoms with Crippen molar-refractivity contribution in [3.05, 3.63) is 35.6 Å². The van der Waals surface area contributed by atoms with Crippen molar-refractivity contribution in [3.63, 3.8) is 0 Å². The molecule has 20 heavy (non-hydrogen) atoms. The van der Waals surface area contributed by atoms with Crippen LogP contribution in [0.3, 0.4) is 0 Å². The highest BCUT2D eigenvalue weighted by atomic mass is 19.1. The van der Waals surface area contributed by atoms with Crippen LogP contribution in [-0.4, -0.2) is 37.0 Å². The van der Waals surface area contributed by atoms with E-state index in [2.05, 4.69) is 10.2 Å². The number of nitrogens with one attached hydrogen (secondary N) is 1. The number of benzene rings is 1. The molecule has 0 aromatic heterocycles. The van der Waals surface area contributed by atoms with Crippen LogP contribution in [0.2, 0.25) is 0 Å². The van der Waals surface area contributed by atoms with Gasteiger partial charge >= 0.3 is 0 Å². The Kier molecular flexibility index (Phi) is 5.49. The highest BCUT2D eigenvalue weighted by molar-refractivity contribution is 5.78. The normalized spacial score (nSPS) is 19.8. The van der Waals surface area contributed by atoms with Crippen LogP contribution >= 0.6 is 0 Å². The van der Waals surface area contributed by atoms with E-state index < -0.39 is 0 Å². The molecule has 1 aliphatic heterocycles. The first-order valence-electron chi connectivity index (χ1n) is 7.11. The standard InChI is InChI=1S/C15H22FN3O/c16-14-6-2-1-5-13(14)9-18-15(20)11-19-7-3-4-12(8-17)10-19/h1-2,5-6,12H,3-4,7-11,17H2,(H,18,20). The molecule has 0 spiro atoms. The maximum Gasteiger partial charge on any atom is 0.234 e. The van der Waals surface area contributed by atoms with Crippen molar-refractivity contribution in [1.29, 1.82) is 0 Å². The molecular weight excluding hydrogens is 257 g/mol. The first-order chi connectivity index (χ1) is 9.69. The van der Waals surface area contributed by atoms with E-state index in [1.807, 2.05) is 0 Å². The summed E-state index contributed by atoms with van der Waals surface area (Å²) >= 11 is 0. The second-order valence-corrected chi connectivity index (χ2v) is 5.35. The van der Waals surface area contributed by atoms with Gasteiger partial charge in [-0.3, -0.25) is 9.69 Å². The number of carbonyl (C=O) groups is 1. The molecule has 0 radical (unpaired) electrons. The monoisotopic (exact) mass is 279 g/mol. The van der Waals surface area contributed by atoms with Crippen molar-refractivity contribution >= 4 is 5.91 Å². The highest BCUT2D eigenvalue weighted by Crippen LogP contribution is 2.14. The minimum Gasteiger partial charge on any atom is -0.351 e. The summed E-state index contributed by atoms with van der Waals surface area (Å²) < 4.78 is 13.4. The molecule has 2 rings (SSSR count). The van der Waals surface area contributed by atoms with Crippen LogP contribution < -0.4 is 11.1 Å². The Labute approximate surface area is 119 Å². The third kappa shape index (κ3) is 4.28. The van der Waals surface area contributed by atoms with Gasteiger partial charge in [0.15, 0.2) is 0 Å². The van der Waals surface area contributed by atoms with Gasteiger partial charge in [0, 0.05) is 18.7 Å². The molecule has 0 bridgehead atoms. The predicted molar refractivity (Wildman–Crippen MR) is 76.5 cm³/mol. The van der Waals surface area contributed by atoms with Gasteiger partial charge < -0.3 is 11.1 Å². The maximum atomic E-state index is 13.4. The molecule has 1 amide bonds. The molecule has 4 nitrogen and oxygen atoms in total. The average molecular weight is 279 g/mol. The SMILES string of the molecule is NCC1CCCN(CC(=O)NCc2ccccc2F)C1. The number of nitrogens with two attached hydrogens (primary N) is 1. The zero-order valence-corrected chi connectivity index (χ0v) is 11.6. The third-order valence-corrected chi connectivity index (χ3v) is 3.74. The van der Waals surface area contributed by atoms with Gasteiger partial charge in [-0.05, 0) is 37.9 Å². The van der Waals surface area contributed by atoms with Crippen molar-refractivity contribution in [3.8, 4) is 0 Å². The van der Waals surface area contributed by atoms with Crippen LogP contribution in [0.1, 0.15) is 18.4 Å². The van der Waals surface area contributed by atoms with Crippen LogP contribution in [0.5, 0.6) is 0 Å². The van der Waals surface area contributed by atoms with Gasteiger partial charge in [0.05, 0.1) is 6.54 Å². The number of halogens is 1. The number of likely N-dealkylation sites (tertiary alicyclic amines) is 1. The molecule has 1 fully saturated rings. The molecule has 1 saturated heterocycles. The topological polar surface area (TPSA) is 58.4 Å². The van der Waals surface area contributed by atoms with Gasteiger partial charge in [0.25, 0.3) is 0 Å². The molecule has 1 aliphatic rings.